The second-order valence-electron chi connectivity index (χ2n) is 5.87. The van der Waals surface area contributed by atoms with Crippen LogP contribution in [0.15, 0.2) is 52.7 Å². The van der Waals surface area contributed by atoms with E-state index in [2.05, 4.69) is 4.74 Å². The summed E-state index contributed by atoms with van der Waals surface area (Å²) in [6.07, 6.45) is 0. The van der Waals surface area contributed by atoms with E-state index in [1.807, 2.05) is 0 Å². The Labute approximate surface area is 170 Å². The van der Waals surface area contributed by atoms with Crippen LogP contribution in [0.5, 0.6) is 11.5 Å². The molecule has 0 amide bonds. The highest BCUT2D eigenvalue weighted by atomic mass is 35.5. The van der Waals surface area contributed by atoms with E-state index in [9.17, 15) is 23.4 Å². The van der Waals surface area contributed by atoms with Gasteiger partial charge in [-0.3, -0.25) is 0 Å². The monoisotopic (exact) mass is 438 g/mol. The standard InChI is InChI=1S/C19H15ClO6S2/c1-26-19(23)13-7-6-11(8-16(13)22)10-28(24,25)17-9-14(18(20)27-17)12-4-2-3-5-15(12)21/h2-9,21-22H,10H2,1H3. The van der Waals surface area contributed by atoms with Gasteiger partial charge in [0.25, 0.3) is 0 Å². The number of esters is 1. The van der Waals surface area contributed by atoms with Crippen LogP contribution in [0, 0.1) is 0 Å². The van der Waals surface area contributed by atoms with Crippen LogP contribution < -0.4 is 0 Å². The maximum Gasteiger partial charge on any atom is 0.341 e. The van der Waals surface area contributed by atoms with Gasteiger partial charge in [0.2, 0.25) is 0 Å². The Balaban J connectivity index is 1.92. The van der Waals surface area contributed by atoms with Gasteiger partial charge < -0.3 is 14.9 Å². The van der Waals surface area contributed by atoms with Crippen molar-refractivity contribution in [3.8, 4) is 22.6 Å². The Morgan fingerprint density at radius 3 is 2.43 bits per heavy atom. The van der Waals surface area contributed by atoms with Crippen LogP contribution in [0.25, 0.3) is 11.1 Å². The molecule has 0 saturated heterocycles. The van der Waals surface area contributed by atoms with Gasteiger partial charge in [0.05, 0.1) is 12.9 Å². The molecule has 0 bridgehead atoms. The molecule has 28 heavy (non-hydrogen) atoms. The molecule has 0 aliphatic heterocycles. The van der Waals surface area contributed by atoms with Crippen LogP contribution in [0.4, 0.5) is 0 Å². The lowest BCUT2D eigenvalue weighted by atomic mass is 10.1. The lowest BCUT2D eigenvalue weighted by Crippen LogP contribution is -2.05. The fourth-order valence-electron chi connectivity index (χ4n) is 2.63. The molecule has 6 nitrogen and oxygen atoms in total. The molecular weight excluding hydrogens is 424 g/mol. The van der Waals surface area contributed by atoms with Crippen molar-refractivity contribution in [3.05, 3.63) is 64.0 Å². The van der Waals surface area contributed by atoms with E-state index in [0.29, 0.717) is 16.7 Å². The summed E-state index contributed by atoms with van der Waals surface area (Å²) >= 11 is 7.10. The van der Waals surface area contributed by atoms with Gasteiger partial charge in [0.15, 0.2) is 9.84 Å². The summed E-state index contributed by atoms with van der Waals surface area (Å²) in [6, 6.07) is 11.9. The number of phenols is 2. The molecule has 0 fully saturated rings. The third kappa shape index (κ3) is 3.99. The number of thiophene rings is 1. The summed E-state index contributed by atoms with van der Waals surface area (Å²) in [5, 5.41) is 19.9. The molecule has 2 aromatic carbocycles. The highest BCUT2D eigenvalue weighted by Crippen LogP contribution is 2.41. The van der Waals surface area contributed by atoms with E-state index in [1.165, 1.54) is 37.4 Å². The van der Waals surface area contributed by atoms with Gasteiger partial charge in [-0.2, -0.15) is 0 Å². The number of para-hydroxylation sites is 1. The minimum Gasteiger partial charge on any atom is -0.507 e. The molecule has 0 aliphatic rings. The normalized spacial score (nSPS) is 11.4. The predicted molar refractivity (Wildman–Crippen MR) is 107 cm³/mol. The predicted octanol–water partition coefficient (Wildman–Crippen LogP) is 4.24. The molecule has 146 valence electrons. The number of carbonyl (C=O) groups is 1. The Bertz CT molecular complexity index is 1150. The first-order valence-corrected chi connectivity index (χ1v) is 10.8. The van der Waals surface area contributed by atoms with E-state index >= 15 is 0 Å². The van der Waals surface area contributed by atoms with Crippen molar-refractivity contribution in [1.82, 2.24) is 0 Å². The first-order chi connectivity index (χ1) is 13.2. The molecule has 0 radical (unpaired) electrons. The zero-order valence-electron chi connectivity index (χ0n) is 14.5. The number of carbonyl (C=O) groups excluding carboxylic acids is 1. The molecular formula is C19H15ClO6S2. The topological polar surface area (TPSA) is 101 Å². The van der Waals surface area contributed by atoms with Gasteiger partial charge >= 0.3 is 5.97 Å². The smallest absolute Gasteiger partial charge is 0.341 e. The highest BCUT2D eigenvalue weighted by molar-refractivity contribution is 7.92. The number of ether oxygens (including phenoxy) is 1. The molecule has 9 heteroatoms. The summed E-state index contributed by atoms with van der Waals surface area (Å²) in [5.41, 5.74) is 1.11. The summed E-state index contributed by atoms with van der Waals surface area (Å²) in [7, 11) is -2.58. The Morgan fingerprint density at radius 1 is 1.07 bits per heavy atom. The van der Waals surface area contributed by atoms with Crippen molar-refractivity contribution >= 4 is 38.7 Å². The zero-order valence-corrected chi connectivity index (χ0v) is 16.9. The van der Waals surface area contributed by atoms with Gasteiger partial charge in [-0.25, -0.2) is 13.2 Å². The van der Waals surface area contributed by atoms with E-state index in [1.54, 1.807) is 18.2 Å². The zero-order chi connectivity index (χ0) is 20.5. The number of phenolic OH excluding ortho intramolecular Hbond substituents is 2. The maximum atomic E-state index is 12.8. The maximum absolute atomic E-state index is 12.8. The van der Waals surface area contributed by atoms with Crippen LogP contribution in [0.2, 0.25) is 4.34 Å². The number of methoxy groups -OCH3 is 1. The summed E-state index contributed by atoms with van der Waals surface area (Å²) in [4.78, 5) is 11.5. The SMILES string of the molecule is COC(=O)c1ccc(CS(=O)(=O)c2cc(-c3ccccc3O)c(Cl)s2)cc1O. The lowest BCUT2D eigenvalue weighted by molar-refractivity contribution is 0.0597. The summed E-state index contributed by atoms with van der Waals surface area (Å²) < 4.78 is 30.4. The summed E-state index contributed by atoms with van der Waals surface area (Å²) in [6.45, 7) is 0. The Hall–Kier alpha value is -2.55. The Morgan fingerprint density at radius 2 is 1.79 bits per heavy atom. The number of hydrogen-bond donors (Lipinski definition) is 2. The molecule has 1 heterocycles. The minimum atomic E-state index is -3.77. The van der Waals surface area contributed by atoms with Crippen molar-refractivity contribution in [2.24, 2.45) is 0 Å². The second-order valence-corrected chi connectivity index (χ2v) is 9.74. The second kappa shape index (κ2) is 7.83. The van der Waals surface area contributed by atoms with Gasteiger partial charge in [-0.1, -0.05) is 35.9 Å². The van der Waals surface area contributed by atoms with Crippen molar-refractivity contribution < 1.29 is 28.2 Å². The molecule has 1 aromatic heterocycles. The third-order valence-electron chi connectivity index (χ3n) is 3.99. The number of rotatable bonds is 5. The third-order valence-corrected chi connectivity index (χ3v) is 7.60. The average Bonchev–Trinajstić information content (AvgIpc) is 3.04. The molecule has 0 unspecified atom stereocenters. The van der Waals surface area contributed by atoms with E-state index in [-0.39, 0.29) is 31.4 Å². The fraction of sp³-hybridized carbons (Fsp3) is 0.105. The van der Waals surface area contributed by atoms with Crippen LogP contribution in [0.1, 0.15) is 15.9 Å². The molecule has 0 aliphatic carbocycles. The van der Waals surface area contributed by atoms with E-state index in [4.69, 9.17) is 11.6 Å². The quantitative estimate of drug-likeness (QED) is 0.578. The van der Waals surface area contributed by atoms with Crippen molar-refractivity contribution in [2.75, 3.05) is 7.11 Å². The number of halogens is 1. The number of hydrogen-bond acceptors (Lipinski definition) is 7. The molecule has 2 N–H and O–H groups in total. The van der Waals surface area contributed by atoms with Crippen molar-refractivity contribution in [3.63, 3.8) is 0 Å². The number of sulfone groups is 1. The largest absolute Gasteiger partial charge is 0.507 e. The Kier molecular flexibility index (Phi) is 5.64. The lowest BCUT2D eigenvalue weighted by Gasteiger charge is -2.06. The molecule has 3 aromatic rings. The minimum absolute atomic E-state index is 0.00512. The van der Waals surface area contributed by atoms with Gasteiger partial charge in [-0.15, -0.1) is 11.3 Å². The fourth-order valence-corrected chi connectivity index (χ4v) is 5.79. The number of benzene rings is 2. The first-order valence-electron chi connectivity index (χ1n) is 7.93. The van der Waals surface area contributed by atoms with Crippen molar-refractivity contribution in [2.45, 2.75) is 9.96 Å². The molecule has 0 spiro atoms. The molecule has 0 atom stereocenters. The van der Waals surface area contributed by atoms with Crippen LogP contribution in [-0.4, -0.2) is 31.7 Å². The van der Waals surface area contributed by atoms with E-state index < -0.39 is 15.8 Å². The van der Waals surface area contributed by atoms with Crippen LogP contribution in [-0.2, 0) is 20.3 Å². The highest BCUT2D eigenvalue weighted by Gasteiger charge is 2.23. The van der Waals surface area contributed by atoms with Gasteiger partial charge in [0, 0.05) is 11.1 Å². The molecule has 0 saturated carbocycles. The first kappa shape index (κ1) is 20.2. The van der Waals surface area contributed by atoms with Crippen LogP contribution in [0.3, 0.4) is 0 Å². The van der Waals surface area contributed by atoms with Crippen molar-refractivity contribution in [1.29, 1.82) is 0 Å². The molecule has 3 rings (SSSR count). The van der Waals surface area contributed by atoms with Gasteiger partial charge in [0.1, 0.15) is 25.6 Å². The number of aromatic hydroxyl groups is 2. The summed E-state index contributed by atoms with van der Waals surface area (Å²) in [5.74, 6) is -1.48. The van der Waals surface area contributed by atoms with E-state index in [0.717, 1.165) is 11.3 Å². The van der Waals surface area contributed by atoms with Crippen LogP contribution >= 0.6 is 22.9 Å². The average molecular weight is 439 g/mol. The van der Waals surface area contributed by atoms with Gasteiger partial charge in [-0.05, 0) is 29.8 Å².